The van der Waals surface area contributed by atoms with Crippen molar-refractivity contribution in [3.05, 3.63) is 102 Å². The first kappa shape index (κ1) is 24.4. The molecule has 0 aromatic heterocycles. The number of benzene rings is 3. The molecule has 3 aromatic carbocycles. The van der Waals surface area contributed by atoms with Crippen LogP contribution in [0.15, 0.2) is 84.9 Å². The van der Waals surface area contributed by atoms with Gasteiger partial charge in [-0.25, -0.2) is 14.6 Å². The molecule has 3 aromatic rings. The summed E-state index contributed by atoms with van der Waals surface area (Å²) in [7, 11) is 1.62. The van der Waals surface area contributed by atoms with Gasteiger partial charge in [-0.15, -0.1) is 0 Å². The van der Waals surface area contributed by atoms with Crippen molar-refractivity contribution < 1.29 is 38.3 Å². The summed E-state index contributed by atoms with van der Waals surface area (Å²) >= 11 is 0. The maximum absolute atomic E-state index is 12.9. The van der Waals surface area contributed by atoms with Gasteiger partial charge >= 0.3 is 5.97 Å². The Morgan fingerprint density at radius 2 is 1.53 bits per heavy atom. The third-order valence-electron chi connectivity index (χ3n) is 6.12. The summed E-state index contributed by atoms with van der Waals surface area (Å²) in [6.07, 6.45) is -3.41. The van der Waals surface area contributed by atoms with Gasteiger partial charge in [0.15, 0.2) is 18.5 Å². The molecule has 5 atom stereocenters. The number of carbonyl (C=O) groups is 1. The minimum Gasteiger partial charge on any atom is -0.497 e. The molecule has 2 aliphatic heterocycles. The lowest BCUT2D eigenvalue weighted by Crippen LogP contribution is -2.57. The van der Waals surface area contributed by atoms with Gasteiger partial charge in [0.1, 0.15) is 24.6 Å². The van der Waals surface area contributed by atoms with Crippen LogP contribution in [-0.4, -0.2) is 50.4 Å². The standard InChI is InChI=1S/C28H28O8/c1-30-22-14-12-20(13-15-22)17-33-36-24-23-18-32-28(34-23)26(35-27(29)21-10-6-3-7-11-21)25(24)31-16-19-8-4-2-5-9-19/h2-15,23-26,28H,16-18H2,1H3/t23-,24+,25-,26+,28-/m0/s1. The monoisotopic (exact) mass is 492 g/mol. The Morgan fingerprint density at radius 3 is 2.25 bits per heavy atom. The summed E-state index contributed by atoms with van der Waals surface area (Å²) in [6, 6.07) is 26.0. The molecule has 0 N–H and O–H groups in total. The summed E-state index contributed by atoms with van der Waals surface area (Å²) in [5.74, 6) is 0.260. The summed E-state index contributed by atoms with van der Waals surface area (Å²) in [5.41, 5.74) is 2.30. The van der Waals surface area contributed by atoms with E-state index in [4.69, 9.17) is 33.5 Å². The van der Waals surface area contributed by atoms with Crippen LogP contribution in [0.3, 0.4) is 0 Å². The van der Waals surface area contributed by atoms with Crippen molar-refractivity contribution in [3.8, 4) is 5.75 Å². The van der Waals surface area contributed by atoms with Gasteiger partial charge in [-0.1, -0.05) is 60.7 Å². The number of fused-ring (bicyclic) bond motifs is 2. The lowest BCUT2D eigenvalue weighted by atomic mass is 10.0. The van der Waals surface area contributed by atoms with Crippen LogP contribution in [0.25, 0.3) is 0 Å². The molecule has 188 valence electrons. The van der Waals surface area contributed by atoms with E-state index in [0.29, 0.717) is 12.2 Å². The van der Waals surface area contributed by atoms with Gasteiger partial charge in [0, 0.05) is 0 Å². The lowest BCUT2D eigenvalue weighted by Gasteiger charge is -2.39. The van der Waals surface area contributed by atoms with Crippen molar-refractivity contribution in [3.63, 3.8) is 0 Å². The van der Waals surface area contributed by atoms with E-state index in [9.17, 15) is 4.79 Å². The molecule has 2 bridgehead atoms. The summed E-state index contributed by atoms with van der Waals surface area (Å²) in [6.45, 7) is 0.770. The molecule has 0 saturated carbocycles. The van der Waals surface area contributed by atoms with Crippen molar-refractivity contribution in [2.24, 2.45) is 0 Å². The number of ether oxygens (including phenoxy) is 5. The van der Waals surface area contributed by atoms with E-state index in [2.05, 4.69) is 0 Å². The number of rotatable bonds is 10. The molecule has 2 aliphatic rings. The number of carbonyl (C=O) groups excluding carboxylic acids is 1. The van der Waals surface area contributed by atoms with Crippen molar-refractivity contribution in [1.29, 1.82) is 0 Å². The zero-order valence-corrected chi connectivity index (χ0v) is 19.9. The summed E-state index contributed by atoms with van der Waals surface area (Å²) in [5, 5.41) is 0. The Morgan fingerprint density at radius 1 is 0.833 bits per heavy atom. The van der Waals surface area contributed by atoms with Crippen LogP contribution >= 0.6 is 0 Å². The highest BCUT2D eigenvalue weighted by Crippen LogP contribution is 2.35. The van der Waals surface area contributed by atoms with Crippen LogP contribution in [0.5, 0.6) is 5.75 Å². The largest absolute Gasteiger partial charge is 0.497 e. The lowest BCUT2D eigenvalue weighted by molar-refractivity contribution is -0.382. The predicted molar refractivity (Wildman–Crippen MR) is 128 cm³/mol. The van der Waals surface area contributed by atoms with Crippen molar-refractivity contribution in [2.45, 2.75) is 43.9 Å². The van der Waals surface area contributed by atoms with Crippen molar-refractivity contribution in [2.75, 3.05) is 13.7 Å². The fourth-order valence-corrected chi connectivity index (χ4v) is 4.20. The topological polar surface area (TPSA) is 81.7 Å². The normalized spacial score (nSPS) is 24.9. The smallest absolute Gasteiger partial charge is 0.338 e. The second kappa shape index (κ2) is 11.6. The van der Waals surface area contributed by atoms with Crippen LogP contribution in [0, 0.1) is 0 Å². The number of hydrogen-bond donors (Lipinski definition) is 0. The first-order valence-corrected chi connectivity index (χ1v) is 11.8. The Bertz CT molecular complexity index is 1110. The van der Waals surface area contributed by atoms with Gasteiger partial charge in [0.2, 0.25) is 0 Å². The highest BCUT2D eigenvalue weighted by atomic mass is 17.2. The fourth-order valence-electron chi connectivity index (χ4n) is 4.20. The quantitative estimate of drug-likeness (QED) is 0.238. The molecule has 0 amide bonds. The Hall–Kier alpha value is -3.27. The zero-order chi connectivity index (χ0) is 24.7. The Labute approximate surface area is 209 Å². The number of esters is 1. The van der Waals surface area contributed by atoms with E-state index >= 15 is 0 Å². The van der Waals surface area contributed by atoms with Gasteiger partial charge in [-0.3, -0.25) is 0 Å². The first-order chi connectivity index (χ1) is 17.7. The second-order valence-electron chi connectivity index (χ2n) is 8.54. The third kappa shape index (κ3) is 5.75. The van der Waals surface area contributed by atoms with E-state index in [1.807, 2.05) is 60.7 Å². The average Bonchev–Trinajstić information content (AvgIpc) is 3.37. The molecular weight excluding hydrogens is 464 g/mol. The molecule has 2 saturated heterocycles. The molecule has 0 unspecified atom stereocenters. The van der Waals surface area contributed by atoms with Crippen molar-refractivity contribution >= 4 is 5.97 Å². The van der Waals surface area contributed by atoms with Crippen LogP contribution in [0.4, 0.5) is 0 Å². The van der Waals surface area contributed by atoms with E-state index in [0.717, 1.165) is 16.9 Å². The highest BCUT2D eigenvalue weighted by Gasteiger charge is 2.55. The maximum atomic E-state index is 12.9. The van der Waals surface area contributed by atoms with Crippen LogP contribution in [0.2, 0.25) is 0 Å². The highest BCUT2D eigenvalue weighted by molar-refractivity contribution is 5.89. The molecule has 36 heavy (non-hydrogen) atoms. The summed E-state index contributed by atoms with van der Waals surface area (Å²) < 4.78 is 29.1. The Balaban J connectivity index is 1.31. The van der Waals surface area contributed by atoms with Gasteiger partial charge in [0.05, 0.1) is 25.9 Å². The molecule has 0 radical (unpaired) electrons. The SMILES string of the molecule is COc1ccc(COO[C@H]2[C@H](OCc3ccccc3)[C@@H](OC(=O)c3ccccc3)[C@H]3OC[C@@H]2O3)cc1. The molecule has 2 fully saturated rings. The van der Waals surface area contributed by atoms with Crippen LogP contribution in [0.1, 0.15) is 21.5 Å². The molecule has 8 nitrogen and oxygen atoms in total. The minimum atomic E-state index is -0.852. The van der Waals surface area contributed by atoms with Crippen LogP contribution in [-0.2, 0) is 41.9 Å². The number of methoxy groups -OCH3 is 1. The van der Waals surface area contributed by atoms with Gasteiger partial charge in [-0.2, -0.15) is 0 Å². The van der Waals surface area contributed by atoms with E-state index < -0.39 is 36.7 Å². The van der Waals surface area contributed by atoms with Gasteiger partial charge in [0.25, 0.3) is 0 Å². The van der Waals surface area contributed by atoms with Crippen molar-refractivity contribution in [1.82, 2.24) is 0 Å². The first-order valence-electron chi connectivity index (χ1n) is 11.8. The van der Waals surface area contributed by atoms with E-state index in [-0.39, 0.29) is 13.2 Å². The zero-order valence-electron chi connectivity index (χ0n) is 19.9. The van der Waals surface area contributed by atoms with Crippen LogP contribution < -0.4 is 4.74 Å². The van der Waals surface area contributed by atoms with E-state index in [1.54, 1.807) is 31.4 Å². The molecule has 5 rings (SSSR count). The predicted octanol–water partition coefficient (Wildman–Crippen LogP) is 4.08. The minimum absolute atomic E-state index is 0.206. The maximum Gasteiger partial charge on any atom is 0.338 e. The third-order valence-corrected chi connectivity index (χ3v) is 6.12. The molecule has 2 heterocycles. The molecule has 8 heteroatoms. The number of hydrogen-bond acceptors (Lipinski definition) is 8. The van der Waals surface area contributed by atoms with E-state index in [1.165, 1.54) is 0 Å². The summed E-state index contributed by atoms with van der Waals surface area (Å²) in [4.78, 5) is 24.3. The van der Waals surface area contributed by atoms with Gasteiger partial charge in [-0.05, 0) is 35.4 Å². The molecular formula is C28H28O8. The van der Waals surface area contributed by atoms with Gasteiger partial charge < -0.3 is 23.7 Å². The average molecular weight is 493 g/mol. The Kier molecular flexibility index (Phi) is 7.90. The molecule has 0 aliphatic carbocycles. The second-order valence-corrected chi connectivity index (χ2v) is 8.54. The molecule has 0 spiro atoms. The fraction of sp³-hybridized carbons (Fsp3) is 0.321.